The highest BCUT2D eigenvalue weighted by molar-refractivity contribution is 5.29. The van der Waals surface area contributed by atoms with Gasteiger partial charge in [-0.1, -0.05) is 41.5 Å². The van der Waals surface area contributed by atoms with Gasteiger partial charge in [-0.15, -0.1) is 0 Å². The van der Waals surface area contributed by atoms with Gasteiger partial charge >= 0.3 is 0 Å². The first-order chi connectivity index (χ1) is 6.64. The van der Waals surface area contributed by atoms with Crippen LogP contribution in [-0.2, 0) is 10.8 Å². The van der Waals surface area contributed by atoms with E-state index in [1.54, 1.807) is 12.3 Å². The quantitative estimate of drug-likeness (QED) is 0.633. The van der Waals surface area contributed by atoms with Gasteiger partial charge in [0.15, 0.2) is 0 Å². The van der Waals surface area contributed by atoms with Crippen molar-refractivity contribution >= 4 is 0 Å². The molecule has 0 fully saturated rings. The number of hydrogen-bond donors (Lipinski definition) is 0. The van der Waals surface area contributed by atoms with Gasteiger partial charge in [-0.3, -0.25) is 4.98 Å². The van der Waals surface area contributed by atoms with E-state index in [-0.39, 0.29) is 16.6 Å². The Morgan fingerprint density at radius 2 is 1.53 bits per heavy atom. The van der Waals surface area contributed by atoms with Gasteiger partial charge in [0.05, 0.1) is 5.69 Å². The molecule has 2 heteroatoms. The van der Waals surface area contributed by atoms with Crippen LogP contribution in [0.25, 0.3) is 0 Å². The van der Waals surface area contributed by atoms with E-state index in [9.17, 15) is 4.39 Å². The van der Waals surface area contributed by atoms with E-state index in [2.05, 4.69) is 4.98 Å². The Morgan fingerprint density at radius 1 is 1.00 bits per heavy atom. The minimum Gasteiger partial charge on any atom is -0.258 e. The normalized spacial score (nSPS) is 13.0. The Hall–Kier alpha value is -0.920. The minimum absolute atomic E-state index is 0.155. The molecule has 0 aliphatic heterocycles. The molecule has 0 unspecified atom stereocenters. The van der Waals surface area contributed by atoms with Crippen LogP contribution >= 0.6 is 0 Å². The number of hydrogen-bond acceptors (Lipinski definition) is 1. The SMILES string of the molecule is CC(C)(C)c1ccnc(C(C)(C)C)c1F. The summed E-state index contributed by atoms with van der Waals surface area (Å²) in [6.07, 6.45) is 1.70. The molecule has 0 bridgehead atoms. The molecule has 84 valence electrons. The highest BCUT2D eigenvalue weighted by Gasteiger charge is 2.26. The van der Waals surface area contributed by atoms with Crippen molar-refractivity contribution in [1.29, 1.82) is 0 Å². The third kappa shape index (κ3) is 2.55. The molecule has 0 N–H and O–H groups in total. The molecular weight excluding hydrogens is 189 g/mol. The maximum Gasteiger partial charge on any atom is 0.148 e. The maximum absolute atomic E-state index is 14.2. The van der Waals surface area contributed by atoms with Gasteiger partial charge in [0.1, 0.15) is 5.82 Å². The van der Waals surface area contributed by atoms with Crippen LogP contribution in [0.3, 0.4) is 0 Å². The Bertz CT molecular complexity index is 324. The fourth-order valence-corrected chi connectivity index (χ4v) is 1.55. The zero-order valence-corrected chi connectivity index (χ0v) is 10.5. The first kappa shape index (κ1) is 12.2. The second kappa shape index (κ2) is 3.58. The Kier molecular flexibility index (Phi) is 2.90. The van der Waals surface area contributed by atoms with Crippen molar-refractivity contribution in [2.45, 2.75) is 52.4 Å². The van der Waals surface area contributed by atoms with Crippen molar-refractivity contribution < 1.29 is 4.39 Å². The van der Waals surface area contributed by atoms with Gasteiger partial charge in [0, 0.05) is 11.6 Å². The van der Waals surface area contributed by atoms with Gasteiger partial charge in [0.25, 0.3) is 0 Å². The smallest absolute Gasteiger partial charge is 0.148 e. The van der Waals surface area contributed by atoms with E-state index >= 15 is 0 Å². The van der Waals surface area contributed by atoms with Crippen LogP contribution < -0.4 is 0 Å². The van der Waals surface area contributed by atoms with Crippen LogP contribution in [0.1, 0.15) is 52.8 Å². The summed E-state index contributed by atoms with van der Waals surface area (Å²) < 4.78 is 14.2. The number of aromatic nitrogens is 1. The molecule has 1 rings (SSSR count). The fraction of sp³-hybridized carbons (Fsp3) is 0.615. The predicted octanol–water partition coefficient (Wildman–Crippen LogP) is 3.82. The highest BCUT2D eigenvalue weighted by atomic mass is 19.1. The largest absolute Gasteiger partial charge is 0.258 e. The van der Waals surface area contributed by atoms with Crippen LogP contribution in [0.5, 0.6) is 0 Å². The molecule has 0 spiro atoms. The van der Waals surface area contributed by atoms with E-state index in [0.29, 0.717) is 5.69 Å². The van der Waals surface area contributed by atoms with Crippen molar-refractivity contribution in [2.75, 3.05) is 0 Å². The average molecular weight is 209 g/mol. The van der Waals surface area contributed by atoms with E-state index in [0.717, 1.165) is 5.56 Å². The molecule has 0 saturated carbocycles. The van der Waals surface area contributed by atoms with Crippen LogP contribution in [0.2, 0.25) is 0 Å². The van der Waals surface area contributed by atoms with Crippen molar-refractivity contribution in [3.8, 4) is 0 Å². The molecule has 1 aromatic heterocycles. The molecular formula is C13H20FN. The topological polar surface area (TPSA) is 12.9 Å². The standard InChI is InChI=1S/C13H20FN/c1-12(2,3)9-7-8-15-11(10(9)14)13(4,5)6/h7-8H,1-6H3. The van der Waals surface area contributed by atoms with E-state index < -0.39 is 0 Å². The van der Waals surface area contributed by atoms with Gasteiger partial charge in [-0.25, -0.2) is 4.39 Å². The zero-order valence-electron chi connectivity index (χ0n) is 10.5. The molecule has 0 aromatic carbocycles. The summed E-state index contributed by atoms with van der Waals surface area (Å²) in [6.45, 7) is 12.0. The van der Waals surface area contributed by atoms with E-state index in [4.69, 9.17) is 0 Å². The van der Waals surface area contributed by atoms with Crippen molar-refractivity contribution in [1.82, 2.24) is 4.98 Å². The lowest BCUT2D eigenvalue weighted by Gasteiger charge is -2.24. The second-order valence-electron chi connectivity index (χ2n) is 6.02. The Labute approximate surface area is 91.7 Å². The number of halogens is 1. The van der Waals surface area contributed by atoms with Crippen molar-refractivity contribution in [3.63, 3.8) is 0 Å². The van der Waals surface area contributed by atoms with Crippen molar-refractivity contribution in [2.24, 2.45) is 0 Å². The summed E-state index contributed by atoms with van der Waals surface area (Å²) in [5.41, 5.74) is 0.871. The van der Waals surface area contributed by atoms with Gasteiger partial charge in [0.2, 0.25) is 0 Å². The summed E-state index contributed by atoms with van der Waals surface area (Å²) >= 11 is 0. The fourth-order valence-electron chi connectivity index (χ4n) is 1.55. The summed E-state index contributed by atoms with van der Waals surface area (Å²) in [5.74, 6) is -0.155. The molecule has 0 radical (unpaired) electrons. The zero-order chi connectivity index (χ0) is 11.9. The maximum atomic E-state index is 14.2. The second-order valence-corrected chi connectivity index (χ2v) is 6.02. The van der Waals surface area contributed by atoms with Gasteiger partial charge < -0.3 is 0 Å². The Balaban J connectivity index is 3.37. The molecule has 1 aromatic rings. The summed E-state index contributed by atoms with van der Waals surface area (Å²) in [7, 11) is 0. The lowest BCUT2D eigenvalue weighted by Crippen LogP contribution is -2.21. The number of pyridine rings is 1. The molecule has 0 aliphatic carbocycles. The predicted molar refractivity (Wildman–Crippen MR) is 61.6 cm³/mol. The molecule has 0 aliphatic rings. The molecule has 1 nitrogen and oxygen atoms in total. The monoisotopic (exact) mass is 209 g/mol. The number of nitrogens with zero attached hydrogens (tertiary/aromatic N) is 1. The van der Waals surface area contributed by atoms with Crippen LogP contribution in [0, 0.1) is 5.82 Å². The highest BCUT2D eigenvalue weighted by Crippen LogP contribution is 2.30. The average Bonchev–Trinajstić information content (AvgIpc) is 1.99. The van der Waals surface area contributed by atoms with E-state index in [1.807, 2.05) is 41.5 Å². The first-order valence-corrected chi connectivity index (χ1v) is 5.29. The molecule has 0 atom stereocenters. The molecule has 0 amide bonds. The third-order valence-corrected chi connectivity index (χ3v) is 2.41. The van der Waals surface area contributed by atoms with Crippen molar-refractivity contribution in [3.05, 3.63) is 29.3 Å². The van der Waals surface area contributed by atoms with Crippen LogP contribution in [-0.4, -0.2) is 4.98 Å². The van der Waals surface area contributed by atoms with E-state index in [1.165, 1.54) is 0 Å². The van der Waals surface area contributed by atoms with Crippen LogP contribution in [0.4, 0.5) is 4.39 Å². The lowest BCUT2D eigenvalue weighted by molar-refractivity contribution is 0.467. The van der Waals surface area contributed by atoms with Gasteiger partial charge in [-0.05, 0) is 17.0 Å². The first-order valence-electron chi connectivity index (χ1n) is 5.29. The summed E-state index contributed by atoms with van der Waals surface area (Å²) in [5, 5.41) is 0. The lowest BCUT2D eigenvalue weighted by atomic mass is 9.83. The minimum atomic E-state index is -0.245. The van der Waals surface area contributed by atoms with Gasteiger partial charge in [-0.2, -0.15) is 0 Å². The molecule has 0 saturated heterocycles. The summed E-state index contributed by atoms with van der Waals surface area (Å²) in [6, 6.07) is 1.77. The Morgan fingerprint density at radius 3 is 1.93 bits per heavy atom. The van der Waals surface area contributed by atoms with Crippen LogP contribution in [0.15, 0.2) is 12.3 Å². The molecule has 1 heterocycles. The molecule has 15 heavy (non-hydrogen) atoms. The third-order valence-electron chi connectivity index (χ3n) is 2.41. The summed E-state index contributed by atoms with van der Waals surface area (Å²) in [4.78, 5) is 4.15. The number of rotatable bonds is 0.